The Hall–Kier alpha value is -3.40. The number of piperidine rings is 1. The quantitative estimate of drug-likeness (QED) is 0.607. The molecule has 3 rings (SSSR count). The summed E-state index contributed by atoms with van der Waals surface area (Å²) in [5.41, 5.74) is 1.68. The number of aliphatic carboxylic acids is 2. The van der Waals surface area contributed by atoms with Crippen molar-refractivity contribution in [3.8, 4) is 5.69 Å². The second-order valence-electron chi connectivity index (χ2n) is 8.24. The number of carbonyl (C=O) groups excluding carboxylic acids is 1. The number of hydrogen-bond acceptors (Lipinski definition) is 5. The lowest BCUT2D eigenvalue weighted by atomic mass is 9.92. The maximum atomic E-state index is 12.9. The van der Waals surface area contributed by atoms with Gasteiger partial charge >= 0.3 is 11.9 Å². The van der Waals surface area contributed by atoms with Crippen LogP contribution in [-0.2, 0) is 21.4 Å². The van der Waals surface area contributed by atoms with E-state index in [1.807, 2.05) is 44.3 Å². The van der Waals surface area contributed by atoms with E-state index in [0.717, 1.165) is 24.5 Å². The van der Waals surface area contributed by atoms with Crippen molar-refractivity contribution in [2.75, 3.05) is 25.0 Å². The van der Waals surface area contributed by atoms with Gasteiger partial charge in [0, 0.05) is 20.1 Å². The molecule has 2 atom stereocenters. The predicted molar refractivity (Wildman–Crippen MR) is 119 cm³/mol. The molecule has 10 heteroatoms. The number of anilines is 1. The zero-order valence-corrected chi connectivity index (χ0v) is 18.7. The molecule has 0 spiro atoms. The summed E-state index contributed by atoms with van der Waals surface area (Å²) in [7, 11) is 1.83. The number of para-hydroxylation sites is 1. The highest BCUT2D eigenvalue weighted by Gasteiger charge is 2.24. The molecule has 1 aromatic heterocycles. The van der Waals surface area contributed by atoms with E-state index in [1.165, 1.54) is 6.42 Å². The van der Waals surface area contributed by atoms with Crippen LogP contribution in [0.5, 0.6) is 0 Å². The van der Waals surface area contributed by atoms with Crippen LogP contribution in [0, 0.1) is 18.8 Å². The Bertz CT molecular complexity index is 1010. The summed E-state index contributed by atoms with van der Waals surface area (Å²) < 4.78 is 3.36. The summed E-state index contributed by atoms with van der Waals surface area (Å²) in [5.74, 6) is -2.58. The first-order valence-corrected chi connectivity index (χ1v) is 10.3. The Labute approximate surface area is 186 Å². The zero-order valence-electron chi connectivity index (χ0n) is 18.7. The van der Waals surface area contributed by atoms with Crippen molar-refractivity contribution in [2.24, 2.45) is 18.9 Å². The average molecular weight is 447 g/mol. The number of rotatable bonds is 4. The smallest absolute Gasteiger partial charge is 0.414 e. The molecule has 1 aromatic carbocycles. The lowest BCUT2D eigenvalue weighted by Gasteiger charge is -2.34. The largest absolute Gasteiger partial charge is 0.473 e. The molecule has 1 aliphatic rings. The van der Waals surface area contributed by atoms with E-state index < -0.39 is 11.9 Å². The molecule has 2 aromatic rings. The molecule has 1 saturated heterocycles. The Kier molecular flexibility index (Phi) is 8.36. The minimum Gasteiger partial charge on any atom is -0.473 e. The number of benzene rings is 1. The molecular weight excluding hydrogens is 416 g/mol. The fourth-order valence-corrected chi connectivity index (χ4v) is 4.02. The van der Waals surface area contributed by atoms with E-state index in [0.29, 0.717) is 24.1 Å². The standard InChI is InChI=1S/C20H28N4O2.C2H2O4/c1-14-10-15(2)12-23(11-14)13-18(25)21-19-16(3)22(4)24(20(19)26)17-8-6-5-7-9-17;3-1(4)2(5)6/h5-9,14-15H,10-13H2,1-4H3,(H,21,25);(H,3,4)(H,5,6). The van der Waals surface area contributed by atoms with Gasteiger partial charge in [0.2, 0.25) is 5.91 Å². The molecule has 0 saturated carbocycles. The summed E-state index contributed by atoms with van der Waals surface area (Å²) in [6.45, 7) is 8.48. The highest BCUT2D eigenvalue weighted by molar-refractivity contribution is 6.27. The normalized spacial score (nSPS) is 18.4. The lowest BCUT2D eigenvalue weighted by Crippen LogP contribution is -2.43. The molecule has 3 N–H and O–H groups in total. The van der Waals surface area contributed by atoms with E-state index in [1.54, 1.807) is 9.36 Å². The lowest BCUT2D eigenvalue weighted by molar-refractivity contribution is -0.159. The molecule has 174 valence electrons. The van der Waals surface area contributed by atoms with Gasteiger partial charge in [-0.15, -0.1) is 0 Å². The van der Waals surface area contributed by atoms with Gasteiger partial charge in [0.25, 0.3) is 5.56 Å². The van der Waals surface area contributed by atoms with Crippen LogP contribution in [0.2, 0.25) is 0 Å². The number of amides is 1. The van der Waals surface area contributed by atoms with Crippen molar-refractivity contribution in [2.45, 2.75) is 27.2 Å². The summed E-state index contributed by atoms with van der Waals surface area (Å²) >= 11 is 0. The van der Waals surface area contributed by atoms with Gasteiger partial charge in [-0.3, -0.25) is 19.2 Å². The summed E-state index contributed by atoms with van der Waals surface area (Å²) in [6, 6.07) is 9.45. The van der Waals surface area contributed by atoms with Gasteiger partial charge in [-0.1, -0.05) is 32.0 Å². The first-order chi connectivity index (χ1) is 15.0. The van der Waals surface area contributed by atoms with E-state index in [2.05, 4.69) is 24.1 Å². The number of likely N-dealkylation sites (tertiary alicyclic amines) is 1. The predicted octanol–water partition coefficient (Wildman–Crippen LogP) is 1.56. The topological polar surface area (TPSA) is 134 Å². The number of carboxylic acids is 2. The van der Waals surface area contributed by atoms with Gasteiger partial charge in [0.15, 0.2) is 0 Å². The summed E-state index contributed by atoms with van der Waals surface area (Å²) in [4.78, 5) is 45.8. The highest BCUT2D eigenvalue weighted by Crippen LogP contribution is 2.21. The number of nitrogens with one attached hydrogen (secondary N) is 1. The Balaban J connectivity index is 0.000000534. The third-order valence-electron chi connectivity index (χ3n) is 5.31. The second-order valence-corrected chi connectivity index (χ2v) is 8.24. The zero-order chi connectivity index (χ0) is 24.0. The first kappa shape index (κ1) is 24.9. The molecule has 1 aliphatic heterocycles. The maximum absolute atomic E-state index is 12.9. The summed E-state index contributed by atoms with van der Waals surface area (Å²) in [5, 5.41) is 17.6. The van der Waals surface area contributed by atoms with Crippen LogP contribution in [0.3, 0.4) is 0 Å². The Morgan fingerprint density at radius 2 is 1.56 bits per heavy atom. The Morgan fingerprint density at radius 1 is 1.03 bits per heavy atom. The fourth-order valence-electron chi connectivity index (χ4n) is 4.02. The number of carboxylic acid groups (broad SMARTS) is 2. The molecule has 0 radical (unpaired) electrons. The van der Waals surface area contributed by atoms with Crippen molar-refractivity contribution in [1.82, 2.24) is 14.3 Å². The van der Waals surface area contributed by atoms with Gasteiger partial charge in [0.05, 0.1) is 17.9 Å². The van der Waals surface area contributed by atoms with Crippen LogP contribution in [0.1, 0.15) is 26.0 Å². The molecule has 2 unspecified atom stereocenters. The number of aromatic nitrogens is 2. The van der Waals surface area contributed by atoms with E-state index >= 15 is 0 Å². The highest BCUT2D eigenvalue weighted by atomic mass is 16.4. The van der Waals surface area contributed by atoms with Crippen LogP contribution < -0.4 is 10.9 Å². The first-order valence-electron chi connectivity index (χ1n) is 10.3. The van der Waals surface area contributed by atoms with Gasteiger partial charge in [-0.2, -0.15) is 0 Å². The van der Waals surface area contributed by atoms with Crippen LogP contribution in [0.15, 0.2) is 35.1 Å². The molecular formula is C22H30N4O6. The Morgan fingerprint density at radius 3 is 2.06 bits per heavy atom. The fraction of sp³-hybridized carbons (Fsp3) is 0.455. The third kappa shape index (κ3) is 6.30. The number of nitrogens with zero attached hydrogens (tertiary/aromatic N) is 3. The molecule has 0 bridgehead atoms. The third-order valence-corrected chi connectivity index (χ3v) is 5.31. The van der Waals surface area contributed by atoms with Gasteiger partial charge in [-0.05, 0) is 37.3 Å². The van der Waals surface area contributed by atoms with E-state index in [-0.39, 0.29) is 11.5 Å². The maximum Gasteiger partial charge on any atom is 0.414 e. The molecule has 1 fully saturated rings. The second kappa shape index (κ2) is 10.8. The van der Waals surface area contributed by atoms with Crippen LogP contribution >= 0.6 is 0 Å². The molecule has 1 amide bonds. The minimum absolute atomic E-state index is 0.127. The van der Waals surface area contributed by atoms with Crippen molar-refractivity contribution >= 4 is 23.5 Å². The van der Waals surface area contributed by atoms with Crippen molar-refractivity contribution in [3.05, 3.63) is 46.4 Å². The number of carbonyl (C=O) groups is 3. The van der Waals surface area contributed by atoms with Gasteiger partial charge < -0.3 is 15.5 Å². The van der Waals surface area contributed by atoms with Crippen LogP contribution in [-0.4, -0.2) is 62.0 Å². The molecule has 10 nitrogen and oxygen atoms in total. The van der Waals surface area contributed by atoms with Crippen molar-refractivity contribution < 1.29 is 24.6 Å². The average Bonchev–Trinajstić information content (AvgIpc) is 2.91. The number of hydrogen-bond donors (Lipinski definition) is 3. The van der Waals surface area contributed by atoms with E-state index in [4.69, 9.17) is 19.8 Å². The van der Waals surface area contributed by atoms with Crippen LogP contribution in [0.25, 0.3) is 5.69 Å². The summed E-state index contributed by atoms with van der Waals surface area (Å²) in [6.07, 6.45) is 1.21. The van der Waals surface area contributed by atoms with Crippen LogP contribution in [0.4, 0.5) is 5.69 Å². The minimum atomic E-state index is -1.82. The molecule has 32 heavy (non-hydrogen) atoms. The van der Waals surface area contributed by atoms with Crippen molar-refractivity contribution in [1.29, 1.82) is 0 Å². The van der Waals surface area contributed by atoms with E-state index in [9.17, 15) is 9.59 Å². The SMILES string of the molecule is Cc1c(NC(=O)CN2CC(C)CC(C)C2)c(=O)n(-c2ccccc2)n1C.O=C(O)C(=O)O. The monoisotopic (exact) mass is 446 g/mol. The van der Waals surface area contributed by atoms with Gasteiger partial charge in [0.1, 0.15) is 5.69 Å². The molecule has 0 aliphatic carbocycles. The molecule has 2 heterocycles. The van der Waals surface area contributed by atoms with Crippen molar-refractivity contribution in [3.63, 3.8) is 0 Å². The van der Waals surface area contributed by atoms with Gasteiger partial charge in [-0.25, -0.2) is 14.3 Å².